The van der Waals surface area contributed by atoms with Crippen LogP contribution >= 0.6 is 15.9 Å². The first-order valence-electron chi connectivity index (χ1n) is 9.44. The highest BCUT2D eigenvalue weighted by molar-refractivity contribution is 9.09. The van der Waals surface area contributed by atoms with E-state index in [0.717, 1.165) is 12.1 Å². The van der Waals surface area contributed by atoms with Crippen molar-refractivity contribution in [3.05, 3.63) is 11.8 Å². The van der Waals surface area contributed by atoms with Crippen LogP contribution < -0.4 is 22.1 Å². The van der Waals surface area contributed by atoms with Gasteiger partial charge in [-0.25, -0.2) is 4.79 Å². The number of halogens is 1. The standard InChI is InChI=1S/C19H39BrN4O2/c1-8-14(21)10-16(22)17(20)24-13(4)15(9-2)12(3)11-23-18(25)26-19(5,6)7/h8,12-13,15-17,24H,9-11,21-22H2,1-7H3,(H,23,25)/b14-8+/t12?,13-,15-,16-,17?/m1/s1. The Hall–Kier alpha value is -0.790. The summed E-state index contributed by atoms with van der Waals surface area (Å²) in [6.07, 6.45) is 3.14. The third kappa shape index (κ3) is 10.4. The number of carbonyl (C=O) groups is 1. The van der Waals surface area contributed by atoms with E-state index in [2.05, 4.69) is 47.3 Å². The molecular formula is C19H39BrN4O2. The van der Waals surface area contributed by atoms with Gasteiger partial charge in [-0.2, -0.15) is 0 Å². The number of hydrogen-bond acceptors (Lipinski definition) is 5. The topological polar surface area (TPSA) is 102 Å². The maximum atomic E-state index is 11.9. The van der Waals surface area contributed by atoms with Crippen molar-refractivity contribution >= 4 is 22.0 Å². The predicted octanol–water partition coefficient (Wildman–Crippen LogP) is 3.45. The molecule has 0 saturated heterocycles. The third-order valence-electron chi connectivity index (χ3n) is 4.45. The molecule has 6 N–H and O–H groups in total. The van der Waals surface area contributed by atoms with E-state index in [1.807, 2.05) is 33.8 Å². The van der Waals surface area contributed by atoms with Crippen LogP contribution in [0.15, 0.2) is 11.8 Å². The molecule has 0 aliphatic rings. The second kappa shape index (κ2) is 11.8. The Morgan fingerprint density at radius 2 is 1.88 bits per heavy atom. The molecule has 0 radical (unpaired) electrons. The van der Waals surface area contributed by atoms with E-state index in [1.54, 1.807) is 0 Å². The van der Waals surface area contributed by atoms with Gasteiger partial charge in [-0.05, 0) is 46.5 Å². The number of nitrogens with two attached hydrogens (primary N) is 2. The summed E-state index contributed by atoms with van der Waals surface area (Å²) >= 11 is 3.63. The molecule has 7 heteroatoms. The van der Waals surface area contributed by atoms with Crippen molar-refractivity contribution < 1.29 is 9.53 Å². The van der Waals surface area contributed by atoms with Crippen molar-refractivity contribution in [2.75, 3.05) is 6.54 Å². The average molecular weight is 435 g/mol. The molecule has 0 spiro atoms. The summed E-state index contributed by atoms with van der Waals surface area (Å²) in [6, 6.07) is 0.124. The second-order valence-electron chi connectivity index (χ2n) is 8.02. The molecule has 0 aliphatic carbocycles. The number of rotatable bonds is 10. The highest BCUT2D eigenvalue weighted by Crippen LogP contribution is 2.21. The van der Waals surface area contributed by atoms with Gasteiger partial charge in [-0.15, -0.1) is 0 Å². The smallest absolute Gasteiger partial charge is 0.407 e. The van der Waals surface area contributed by atoms with Crippen LogP contribution in [0.5, 0.6) is 0 Å². The molecule has 0 aliphatic heterocycles. The van der Waals surface area contributed by atoms with Crippen LogP contribution in [0.25, 0.3) is 0 Å². The van der Waals surface area contributed by atoms with E-state index in [-0.39, 0.29) is 23.1 Å². The Labute approximate surface area is 168 Å². The van der Waals surface area contributed by atoms with Crippen LogP contribution in [0, 0.1) is 11.8 Å². The van der Waals surface area contributed by atoms with E-state index in [1.165, 1.54) is 0 Å². The van der Waals surface area contributed by atoms with E-state index >= 15 is 0 Å². The lowest BCUT2D eigenvalue weighted by molar-refractivity contribution is 0.0512. The minimum atomic E-state index is -0.486. The number of ether oxygens (including phenoxy) is 1. The van der Waals surface area contributed by atoms with E-state index in [0.29, 0.717) is 24.8 Å². The molecule has 0 aromatic heterocycles. The lowest BCUT2D eigenvalue weighted by Crippen LogP contribution is -2.49. The fraction of sp³-hybridized carbons (Fsp3) is 0.842. The Balaban J connectivity index is 4.57. The molecule has 0 saturated carbocycles. The second-order valence-corrected chi connectivity index (χ2v) is 9.01. The van der Waals surface area contributed by atoms with Crippen LogP contribution in [0.2, 0.25) is 0 Å². The molecule has 0 aromatic carbocycles. The summed E-state index contributed by atoms with van der Waals surface area (Å²) in [5, 5.41) is 6.40. The van der Waals surface area contributed by atoms with Gasteiger partial charge in [0.2, 0.25) is 0 Å². The number of alkyl carbamates (subject to hydrolysis) is 1. The maximum absolute atomic E-state index is 11.9. The fourth-order valence-electron chi connectivity index (χ4n) is 2.95. The van der Waals surface area contributed by atoms with Crippen molar-refractivity contribution in [2.45, 2.75) is 83.9 Å². The minimum absolute atomic E-state index is 0.0314. The molecule has 0 rings (SSSR count). The third-order valence-corrected chi connectivity index (χ3v) is 5.40. The van der Waals surface area contributed by atoms with E-state index in [9.17, 15) is 4.79 Å². The number of amides is 1. The highest BCUT2D eigenvalue weighted by atomic mass is 79.9. The van der Waals surface area contributed by atoms with Gasteiger partial charge in [0, 0.05) is 30.7 Å². The van der Waals surface area contributed by atoms with Gasteiger partial charge in [0.25, 0.3) is 0 Å². The fourth-order valence-corrected chi connectivity index (χ4v) is 3.55. The molecule has 26 heavy (non-hydrogen) atoms. The van der Waals surface area contributed by atoms with Crippen LogP contribution in [0.3, 0.4) is 0 Å². The molecule has 5 atom stereocenters. The van der Waals surface area contributed by atoms with Gasteiger partial charge in [0.1, 0.15) is 5.60 Å². The van der Waals surface area contributed by atoms with Gasteiger partial charge < -0.3 is 26.8 Å². The molecule has 0 bridgehead atoms. The molecule has 0 fully saturated rings. The first kappa shape index (κ1) is 25.2. The summed E-state index contributed by atoms with van der Waals surface area (Å²) in [7, 11) is 0. The molecule has 6 nitrogen and oxygen atoms in total. The molecule has 0 heterocycles. The van der Waals surface area contributed by atoms with Gasteiger partial charge in [0.05, 0.1) is 4.95 Å². The predicted molar refractivity (Wildman–Crippen MR) is 113 cm³/mol. The summed E-state index contributed by atoms with van der Waals surface area (Å²) in [5.74, 6) is 0.683. The normalized spacial score (nSPS) is 18.6. The van der Waals surface area contributed by atoms with Crippen molar-refractivity contribution in [1.82, 2.24) is 10.6 Å². The summed E-state index contributed by atoms with van der Waals surface area (Å²) in [5.41, 5.74) is 12.4. The number of hydrogen-bond donors (Lipinski definition) is 4. The zero-order valence-electron chi connectivity index (χ0n) is 17.4. The average Bonchev–Trinajstić information content (AvgIpc) is 2.51. The van der Waals surface area contributed by atoms with E-state index < -0.39 is 5.60 Å². The molecule has 154 valence electrons. The van der Waals surface area contributed by atoms with Crippen LogP contribution in [0.1, 0.15) is 61.3 Å². The Morgan fingerprint density at radius 3 is 2.35 bits per heavy atom. The zero-order chi connectivity index (χ0) is 20.5. The van der Waals surface area contributed by atoms with Crippen molar-refractivity contribution in [3.8, 4) is 0 Å². The first-order valence-corrected chi connectivity index (χ1v) is 10.4. The summed E-state index contributed by atoms with van der Waals surface area (Å²) in [4.78, 5) is 11.8. The lowest BCUT2D eigenvalue weighted by atomic mass is 9.85. The molecule has 0 aromatic rings. The van der Waals surface area contributed by atoms with E-state index in [4.69, 9.17) is 16.2 Å². The lowest BCUT2D eigenvalue weighted by Gasteiger charge is -2.33. The Morgan fingerprint density at radius 1 is 1.31 bits per heavy atom. The SMILES string of the molecule is C/C=C(/N)C[C@@H](N)C(Br)N[C@H](C)[C@H](CC)C(C)CNC(=O)OC(C)(C)C. The Bertz CT molecular complexity index is 451. The number of nitrogens with one attached hydrogen (secondary N) is 2. The van der Waals surface area contributed by atoms with Gasteiger partial charge in [-0.3, -0.25) is 0 Å². The van der Waals surface area contributed by atoms with Crippen LogP contribution in [0.4, 0.5) is 4.79 Å². The maximum Gasteiger partial charge on any atom is 0.407 e. The number of allylic oxidation sites excluding steroid dienone is 1. The van der Waals surface area contributed by atoms with Crippen molar-refractivity contribution in [1.29, 1.82) is 0 Å². The van der Waals surface area contributed by atoms with Crippen LogP contribution in [-0.4, -0.2) is 35.3 Å². The van der Waals surface area contributed by atoms with Gasteiger partial charge in [0.15, 0.2) is 0 Å². The zero-order valence-corrected chi connectivity index (χ0v) is 19.0. The van der Waals surface area contributed by atoms with Crippen molar-refractivity contribution in [2.24, 2.45) is 23.3 Å². The van der Waals surface area contributed by atoms with Gasteiger partial charge in [-0.1, -0.05) is 42.3 Å². The molecule has 2 unspecified atom stereocenters. The van der Waals surface area contributed by atoms with Gasteiger partial charge >= 0.3 is 6.09 Å². The number of carbonyl (C=O) groups excluding carboxylic acids is 1. The largest absolute Gasteiger partial charge is 0.444 e. The minimum Gasteiger partial charge on any atom is -0.444 e. The Kier molecular flexibility index (Phi) is 11.5. The highest BCUT2D eigenvalue weighted by Gasteiger charge is 2.26. The summed E-state index contributed by atoms with van der Waals surface area (Å²) < 4.78 is 5.30. The van der Waals surface area contributed by atoms with Crippen LogP contribution in [-0.2, 0) is 4.74 Å². The van der Waals surface area contributed by atoms with Crippen molar-refractivity contribution in [3.63, 3.8) is 0 Å². The first-order chi connectivity index (χ1) is 11.9. The quantitative estimate of drug-likeness (QED) is 0.311. The molecule has 1 amide bonds. The number of alkyl halides is 1. The monoisotopic (exact) mass is 434 g/mol. The molecular weight excluding hydrogens is 396 g/mol. The summed E-state index contributed by atoms with van der Waals surface area (Å²) in [6.45, 7) is 14.5.